The Morgan fingerprint density at radius 3 is 2.47 bits per heavy atom. The fourth-order valence-electron chi connectivity index (χ4n) is 1.38. The van der Waals surface area contributed by atoms with Gasteiger partial charge in [-0.15, -0.1) is 0 Å². The van der Waals surface area contributed by atoms with Crippen molar-refractivity contribution in [3.63, 3.8) is 0 Å². The molecule has 0 radical (unpaired) electrons. The predicted molar refractivity (Wildman–Crippen MR) is 68.8 cm³/mol. The Hall–Kier alpha value is -2.16. The van der Waals surface area contributed by atoms with Crippen LogP contribution in [0.4, 0.5) is 10.1 Å². The van der Waals surface area contributed by atoms with Crippen LogP contribution in [-0.4, -0.2) is 6.21 Å². The molecule has 0 aromatic heterocycles. The van der Waals surface area contributed by atoms with Crippen molar-refractivity contribution in [1.29, 1.82) is 0 Å². The highest BCUT2D eigenvalue weighted by molar-refractivity contribution is 5.80. The fourth-order valence-corrected chi connectivity index (χ4v) is 1.38. The van der Waals surface area contributed by atoms with Crippen molar-refractivity contribution < 1.29 is 4.39 Å². The summed E-state index contributed by atoms with van der Waals surface area (Å²) in [5, 5.41) is 3.99. The van der Waals surface area contributed by atoms with Crippen LogP contribution in [0.15, 0.2) is 53.6 Å². The number of nitrogens with zero attached hydrogens (tertiary/aromatic N) is 1. The molecule has 86 valence electrons. The van der Waals surface area contributed by atoms with Crippen molar-refractivity contribution in [1.82, 2.24) is 0 Å². The predicted octanol–water partition coefficient (Wildman–Crippen LogP) is 3.58. The van der Waals surface area contributed by atoms with Gasteiger partial charge < -0.3 is 0 Å². The highest BCUT2D eigenvalue weighted by atomic mass is 19.1. The van der Waals surface area contributed by atoms with E-state index in [0.29, 0.717) is 5.56 Å². The molecular weight excluding hydrogens is 215 g/mol. The molecule has 3 heteroatoms. The number of nitrogens with one attached hydrogen (secondary N) is 1. The number of hydrogen-bond acceptors (Lipinski definition) is 2. The van der Waals surface area contributed by atoms with E-state index in [0.717, 1.165) is 5.69 Å². The Balaban J connectivity index is 2.03. The third-order valence-corrected chi connectivity index (χ3v) is 2.35. The van der Waals surface area contributed by atoms with E-state index in [-0.39, 0.29) is 5.82 Å². The highest BCUT2D eigenvalue weighted by Gasteiger charge is 1.95. The van der Waals surface area contributed by atoms with Gasteiger partial charge in [0.1, 0.15) is 5.82 Å². The first-order valence-electron chi connectivity index (χ1n) is 5.36. The largest absolute Gasteiger partial charge is 0.279 e. The topological polar surface area (TPSA) is 24.4 Å². The van der Waals surface area contributed by atoms with Crippen molar-refractivity contribution in [2.45, 2.75) is 6.92 Å². The Morgan fingerprint density at radius 2 is 1.76 bits per heavy atom. The minimum atomic E-state index is -0.276. The summed E-state index contributed by atoms with van der Waals surface area (Å²) in [7, 11) is 0. The van der Waals surface area contributed by atoms with Crippen molar-refractivity contribution in [3.05, 3.63) is 65.5 Å². The van der Waals surface area contributed by atoms with Gasteiger partial charge in [0.2, 0.25) is 0 Å². The molecule has 0 heterocycles. The zero-order chi connectivity index (χ0) is 12.1. The van der Waals surface area contributed by atoms with Gasteiger partial charge in [0, 0.05) is 5.56 Å². The SMILES string of the molecule is Cc1ccc(NN=Cc2ccccc2F)cc1. The second-order valence-corrected chi connectivity index (χ2v) is 3.76. The van der Waals surface area contributed by atoms with E-state index >= 15 is 0 Å². The number of halogens is 1. The summed E-state index contributed by atoms with van der Waals surface area (Å²) >= 11 is 0. The second-order valence-electron chi connectivity index (χ2n) is 3.76. The molecule has 0 fully saturated rings. The Labute approximate surface area is 99.8 Å². The van der Waals surface area contributed by atoms with Crippen LogP contribution in [0.2, 0.25) is 0 Å². The molecule has 0 aliphatic carbocycles. The Morgan fingerprint density at radius 1 is 1.06 bits per heavy atom. The van der Waals surface area contributed by atoms with Gasteiger partial charge in [-0.3, -0.25) is 5.43 Å². The third kappa shape index (κ3) is 3.14. The van der Waals surface area contributed by atoms with Gasteiger partial charge in [0.25, 0.3) is 0 Å². The Kier molecular flexibility index (Phi) is 3.50. The minimum Gasteiger partial charge on any atom is -0.279 e. The summed E-state index contributed by atoms with van der Waals surface area (Å²) in [6, 6.07) is 14.3. The number of aryl methyl sites for hydroxylation is 1. The highest BCUT2D eigenvalue weighted by Crippen LogP contribution is 2.08. The maximum atomic E-state index is 13.2. The molecule has 0 amide bonds. The van der Waals surface area contributed by atoms with Crippen molar-refractivity contribution >= 4 is 11.9 Å². The van der Waals surface area contributed by atoms with Crippen LogP contribution in [-0.2, 0) is 0 Å². The fraction of sp³-hybridized carbons (Fsp3) is 0.0714. The van der Waals surface area contributed by atoms with Gasteiger partial charge in [-0.05, 0) is 25.1 Å². The van der Waals surface area contributed by atoms with Crippen molar-refractivity contribution in [2.75, 3.05) is 5.43 Å². The smallest absolute Gasteiger partial charge is 0.132 e. The van der Waals surface area contributed by atoms with Gasteiger partial charge in [-0.1, -0.05) is 35.9 Å². The maximum Gasteiger partial charge on any atom is 0.132 e. The van der Waals surface area contributed by atoms with E-state index in [2.05, 4.69) is 10.5 Å². The van der Waals surface area contributed by atoms with E-state index < -0.39 is 0 Å². The van der Waals surface area contributed by atoms with Crippen LogP contribution in [0.3, 0.4) is 0 Å². The molecule has 0 saturated carbocycles. The molecule has 17 heavy (non-hydrogen) atoms. The lowest BCUT2D eigenvalue weighted by molar-refractivity contribution is 0.626. The maximum absolute atomic E-state index is 13.2. The molecule has 2 rings (SSSR count). The normalized spacial score (nSPS) is 10.7. The average molecular weight is 228 g/mol. The summed E-state index contributed by atoms with van der Waals surface area (Å²) in [5.41, 5.74) is 5.38. The molecule has 1 N–H and O–H groups in total. The zero-order valence-corrected chi connectivity index (χ0v) is 9.52. The number of hydrogen-bond donors (Lipinski definition) is 1. The van der Waals surface area contributed by atoms with Gasteiger partial charge in [-0.2, -0.15) is 5.10 Å². The van der Waals surface area contributed by atoms with E-state index in [1.807, 2.05) is 31.2 Å². The number of rotatable bonds is 3. The summed E-state index contributed by atoms with van der Waals surface area (Å²) in [5.74, 6) is -0.276. The third-order valence-electron chi connectivity index (χ3n) is 2.35. The number of hydrazone groups is 1. The molecule has 2 aromatic carbocycles. The van der Waals surface area contributed by atoms with Crippen LogP contribution >= 0.6 is 0 Å². The molecule has 0 bridgehead atoms. The van der Waals surface area contributed by atoms with Crippen molar-refractivity contribution in [2.24, 2.45) is 5.10 Å². The summed E-state index contributed by atoms with van der Waals surface area (Å²) < 4.78 is 13.2. The molecule has 0 aliphatic heterocycles. The lowest BCUT2D eigenvalue weighted by Gasteiger charge is -2.00. The second kappa shape index (κ2) is 5.25. The first kappa shape index (κ1) is 11.3. The standard InChI is InChI=1S/C14H13FN2/c1-11-6-8-13(9-7-11)17-16-10-12-4-2-3-5-14(12)15/h2-10,17H,1H3. The van der Waals surface area contributed by atoms with Gasteiger partial charge in [0.05, 0.1) is 11.9 Å². The van der Waals surface area contributed by atoms with Crippen LogP contribution < -0.4 is 5.43 Å². The molecule has 0 unspecified atom stereocenters. The molecule has 0 atom stereocenters. The average Bonchev–Trinajstić information content (AvgIpc) is 2.34. The lowest BCUT2D eigenvalue weighted by Crippen LogP contribution is -1.92. The van der Waals surface area contributed by atoms with Crippen LogP contribution in [0.5, 0.6) is 0 Å². The van der Waals surface area contributed by atoms with Crippen LogP contribution in [0, 0.1) is 12.7 Å². The van der Waals surface area contributed by atoms with Crippen LogP contribution in [0.1, 0.15) is 11.1 Å². The molecule has 2 aromatic rings. The number of benzene rings is 2. The zero-order valence-electron chi connectivity index (χ0n) is 9.52. The lowest BCUT2D eigenvalue weighted by atomic mass is 10.2. The van der Waals surface area contributed by atoms with Gasteiger partial charge in [-0.25, -0.2) is 4.39 Å². The molecule has 2 nitrogen and oxygen atoms in total. The summed E-state index contributed by atoms with van der Waals surface area (Å²) in [4.78, 5) is 0. The number of anilines is 1. The molecule has 0 spiro atoms. The monoisotopic (exact) mass is 228 g/mol. The first-order valence-corrected chi connectivity index (χ1v) is 5.36. The Bertz CT molecular complexity index is 518. The molecular formula is C14H13FN2. The quantitative estimate of drug-likeness (QED) is 0.630. The summed E-state index contributed by atoms with van der Waals surface area (Å²) in [6.45, 7) is 2.02. The van der Waals surface area contributed by atoms with E-state index in [1.165, 1.54) is 17.8 Å². The van der Waals surface area contributed by atoms with E-state index in [4.69, 9.17) is 0 Å². The van der Waals surface area contributed by atoms with Gasteiger partial charge >= 0.3 is 0 Å². The minimum absolute atomic E-state index is 0.276. The van der Waals surface area contributed by atoms with Gasteiger partial charge in [0.15, 0.2) is 0 Å². The van der Waals surface area contributed by atoms with E-state index in [9.17, 15) is 4.39 Å². The molecule has 0 aliphatic rings. The van der Waals surface area contributed by atoms with Crippen LogP contribution in [0.25, 0.3) is 0 Å². The first-order chi connectivity index (χ1) is 8.25. The molecule has 0 saturated heterocycles. The van der Waals surface area contributed by atoms with E-state index in [1.54, 1.807) is 18.2 Å². The van der Waals surface area contributed by atoms with Crippen molar-refractivity contribution in [3.8, 4) is 0 Å². The summed E-state index contributed by atoms with van der Waals surface area (Å²) in [6.07, 6.45) is 1.47.